The average Bonchev–Trinajstić information content (AvgIpc) is 3.41. The Hall–Kier alpha value is -4.00. The average molecular weight is 650 g/mol. The number of nitrogens with two attached hydrogens (primary N) is 1. The van der Waals surface area contributed by atoms with Crippen molar-refractivity contribution >= 4 is 46.8 Å². The standard InChI is InChI=1S/C33H44ClN9O3/c1-18-16-37-24(20(3)27(18)46-8)17-43-29-26(28(34)39-32(35)40-29)22(31(43)45)15-23-19(2)25(21(4)38-23)30(44)36-9-10-41-11-13-42(14-12-41)33(5,6)7/h15-16,38H,9-14,17H2,1-8H3,(H,36,44)(H2,35,39,40). The summed E-state index contributed by atoms with van der Waals surface area (Å²) in [5.41, 5.74) is 11.8. The Morgan fingerprint density at radius 2 is 1.83 bits per heavy atom. The number of fused-ring (bicyclic) bond motifs is 1. The first kappa shape index (κ1) is 33.4. The zero-order chi connectivity index (χ0) is 33.5. The van der Waals surface area contributed by atoms with E-state index in [-0.39, 0.29) is 35.0 Å². The number of nitrogens with zero attached hydrogens (tertiary/aromatic N) is 6. The van der Waals surface area contributed by atoms with E-state index in [1.165, 1.54) is 4.90 Å². The van der Waals surface area contributed by atoms with Gasteiger partial charge in [0.05, 0.1) is 36.0 Å². The second-order valence-electron chi connectivity index (χ2n) is 13.0. The molecule has 0 saturated carbocycles. The lowest BCUT2D eigenvalue weighted by Crippen LogP contribution is -2.54. The molecule has 0 bridgehead atoms. The number of ether oxygens (including phenoxy) is 1. The van der Waals surface area contributed by atoms with Gasteiger partial charge in [-0.2, -0.15) is 4.98 Å². The van der Waals surface area contributed by atoms with Crippen LogP contribution in [-0.4, -0.2) is 93.5 Å². The second-order valence-corrected chi connectivity index (χ2v) is 13.3. The van der Waals surface area contributed by atoms with E-state index in [4.69, 9.17) is 22.1 Å². The summed E-state index contributed by atoms with van der Waals surface area (Å²) in [5.74, 6) is 0.474. The van der Waals surface area contributed by atoms with Crippen LogP contribution >= 0.6 is 11.6 Å². The fourth-order valence-electron chi connectivity index (χ4n) is 6.34. The van der Waals surface area contributed by atoms with Crippen molar-refractivity contribution < 1.29 is 14.3 Å². The van der Waals surface area contributed by atoms with E-state index in [9.17, 15) is 9.59 Å². The third-order valence-corrected chi connectivity index (χ3v) is 9.22. The van der Waals surface area contributed by atoms with Gasteiger partial charge in [0.1, 0.15) is 10.9 Å². The summed E-state index contributed by atoms with van der Waals surface area (Å²) in [5, 5.41) is 3.15. The number of aromatic nitrogens is 4. The summed E-state index contributed by atoms with van der Waals surface area (Å²) >= 11 is 6.58. The van der Waals surface area contributed by atoms with E-state index < -0.39 is 0 Å². The van der Waals surface area contributed by atoms with Crippen LogP contribution in [0.4, 0.5) is 11.8 Å². The molecule has 2 aliphatic heterocycles. The molecule has 0 unspecified atom stereocenters. The van der Waals surface area contributed by atoms with Gasteiger partial charge in [0.25, 0.3) is 11.8 Å². The number of piperazine rings is 1. The second kappa shape index (κ2) is 13.0. The normalized spacial score (nSPS) is 16.8. The maximum Gasteiger partial charge on any atom is 0.260 e. The first-order valence-electron chi connectivity index (χ1n) is 15.5. The van der Waals surface area contributed by atoms with Gasteiger partial charge in [-0.25, -0.2) is 4.98 Å². The van der Waals surface area contributed by atoms with Crippen molar-refractivity contribution in [3.63, 3.8) is 0 Å². The number of aryl methyl sites for hydroxylation is 2. The van der Waals surface area contributed by atoms with Gasteiger partial charge in [-0.1, -0.05) is 11.6 Å². The number of rotatable bonds is 8. The third kappa shape index (κ3) is 6.47. The monoisotopic (exact) mass is 649 g/mol. The lowest BCUT2D eigenvalue weighted by atomic mass is 10.0. The van der Waals surface area contributed by atoms with Crippen LogP contribution in [0.3, 0.4) is 0 Å². The maximum atomic E-state index is 14.0. The van der Waals surface area contributed by atoms with Crippen LogP contribution in [0, 0.1) is 27.7 Å². The zero-order valence-corrected chi connectivity index (χ0v) is 28.7. The molecule has 2 amide bonds. The summed E-state index contributed by atoms with van der Waals surface area (Å²) in [7, 11) is 1.61. The van der Waals surface area contributed by atoms with Crippen LogP contribution < -0.4 is 20.7 Å². The number of H-pyrrole nitrogens is 1. The van der Waals surface area contributed by atoms with Crippen molar-refractivity contribution in [3.05, 3.63) is 56.2 Å². The molecular weight excluding hydrogens is 606 g/mol. The van der Waals surface area contributed by atoms with Crippen molar-refractivity contribution in [1.29, 1.82) is 0 Å². The Balaban J connectivity index is 1.36. The summed E-state index contributed by atoms with van der Waals surface area (Å²) in [4.78, 5) is 50.1. The van der Waals surface area contributed by atoms with Crippen molar-refractivity contribution in [1.82, 2.24) is 35.1 Å². The highest BCUT2D eigenvalue weighted by Gasteiger charge is 2.38. The van der Waals surface area contributed by atoms with Crippen LogP contribution in [0.15, 0.2) is 6.20 Å². The molecular formula is C33H44ClN9O3. The minimum Gasteiger partial charge on any atom is -0.496 e. The Morgan fingerprint density at radius 1 is 1.13 bits per heavy atom. The quantitative estimate of drug-likeness (QED) is 0.244. The topological polar surface area (TPSA) is 146 Å². The molecule has 246 valence electrons. The summed E-state index contributed by atoms with van der Waals surface area (Å²) < 4.78 is 5.57. The molecule has 12 nitrogen and oxygen atoms in total. The number of hydrogen-bond acceptors (Lipinski definition) is 9. The number of methoxy groups -OCH3 is 1. The number of aromatic amines is 1. The smallest absolute Gasteiger partial charge is 0.260 e. The molecule has 0 spiro atoms. The fourth-order valence-corrected chi connectivity index (χ4v) is 6.61. The third-order valence-electron chi connectivity index (χ3n) is 8.95. The molecule has 2 aliphatic rings. The number of hydrogen-bond donors (Lipinski definition) is 3. The van der Waals surface area contributed by atoms with E-state index in [1.807, 2.05) is 27.7 Å². The minimum atomic E-state index is -0.332. The van der Waals surface area contributed by atoms with Crippen molar-refractivity contribution in [3.8, 4) is 5.75 Å². The van der Waals surface area contributed by atoms with E-state index in [0.29, 0.717) is 51.9 Å². The molecule has 13 heteroatoms. The molecule has 0 atom stereocenters. The molecule has 5 rings (SSSR count). The van der Waals surface area contributed by atoms with Gasteiger partial charge in [-0.3, -0.25) is 29.3 Å². The van der Waals surface area contributed by atoms with Crippen LogP contribution in [0.5, 0.6) is 5.75 Å². The first-order chi connectivity index (χ1) is 21.7. The maximum absolute atomic E-state index is 14.0. The summed E-state index contributed by atoms with van der Waals surface area (Å²) in [6.45, 7) is 19.7. The molecule has 3 aromatic rings. The van der Waals surface area contributed by atoms with Crippen LogP contribution in [0.25, 0.3) is 11.6 Å². The molecule has 4 N–H and O–H groups in total. The predicted octanol–water partition coefficient (Wildman–Crippen LogP) is 3.91. The summed E-state index contributed by atoms with van der Waals surface area (Å²) in [6, 6.07) is 0. The first-order valence-corrected chi connectivity index (χ1v) is 15.9. The largest absolute Gasteiger partial charge is 0.496 e. The van der Waals surface area contributed by atoms with E-state index >= 15 is 0 Å². The van der Waals surface area contributed by atoms with Gasteiger partial charge in [0.2, 0.25) is 5.95 Å². The number of anilines is 2. The lowest BCUT2D eigenvalue weighted by molar-refractivity contribution is -0.113. The molecule has 46 heavy (non-hydrogen) atoms. The Morgan fingerprint density at radius 3 is 2.48 bits per heavy atom. The highest BCUT2D eigenvalue weighted by Crippen LogP contribution is 2.42. The van der Waals surface area contributed by atoms with Gasteiger partial charge >= 0.3 is 0 Å². The number of nitrogen functional groups attached to an aromatic ring is 1. The number of carbonyl (C=O) groups is 2. The van der Waals surface area contributed by atoms with Crippen molar-refractivity contribution in [2.45, 2.75) is 60.5 Å². The van der Waals surface area contributed by atoms with Crippen LogP contribution in [0.1, 0.15) is 70.5 Å². The van der Waals surface area contributed by atoms with E-state index in [2.05, 4.69) is 55.8 Å². The van der Waals surface area contributed by atoms with Gasteiger partial charge in [-0.05, 0) is 60.1 Å². The Labute approximate surface area is 275 Å². The van der Waals surface area contributed by atoms with Crippen molar-refractivity contribution in [2.75, 3.05) is 57.0 Å². The number of halogens is 1. The van der Waals surface area contributed by atoms with Gasteiger partial charge in [-0.15, -0.1) is 0 Å². The molecule has 3 aromatic heterocycles. The number of carbonyl (C=O) groups excluding carboxylic acids is 2. The van der Waals surface area contributed by atoms with Gasteiger partial charge in [0.15, 0.2) is 5.82 Å². The minimum absolute atomic E-state index is 0.0455. The number of pyridine rings is 1. The van der Waals surface area contributed by atoms with E-state index in [1.54, 1.807) is 19.4 Å². The Kier molecular flexibility index (Phi) is 9.44. The number of nitrogens with one attached hydrogen (secondary N) is 2. The predicted molar refractivity (Wildman–Crippen MR) is 181 cm³/mol. The number of amides is 2. The summed E-state index contributed by atoms with van der Waals surface area (Å²) in [6.07, 6.45) is 3.42. The highest BCUT2D eigenvalue weighted by atomic mass is 35.5. The lowest BCUT2D eigenvalue weighted by Gasteiger charge is -2.42. The molecule has 0 radical (unpaired) electrons. The fraction of sp³-hybridized carbons (Fsp3) is 0.485. The highest BCUT2D eigenvalue weighted by molar-refractivity contribution is 6.41. The molecule has 1 saturated heterocycles. The zero-order valence-electron chi connectivity index (χ0n) is 28.0. The molecule has 1 fully saturated rings. The molecule has 5 heterocycles. The Bertz CT molecular complexity index is 1700. The van der Waals surface area contributed by atoms with Crippen LogP contribution in [0.2, 0.25) is 5.15 Å². The van der Waals surface area contributed by atoms with Gasteiger partial charge < -0.3 is 20.8 Å². The molecule has 0 aromatic carbocycles. The van der Waals surface area contributed by atoms with Crippen molar-refractivity contribution in [2.24, 2.45) is 0 Å². The van der Waals surface area contributed by atoms with E-state index in [0.717, 1.165) is 49.4 Å². The van der Waals surface area contributed by atoms with Crippen LogP contribution in [-0.2, 0) is 11.3 Å². The van der Waals surface area contributed by atoms with Gasteiger partial charge in [0, 0.05) is 73.5 Å². The molecule has 0 aliphatic carbocycles. The SMILES string of the molecule is COc1c(C)cnc(CN2C(=O)C(=Cc3[nH]c(C)c(C(=O)NCCN4CCN(C(C)(C)C)CC4)c3C)c3c(Cl)nc(N)nc32)c1C.